The number of carbonyl (C=O) groups excluding carboxylic acids is 1. The first-order chi connectivity index (χ1) is 21.8. The summed E-state index contributed by atoms with van der Waals surface area (Å²) in [5, 5.41) is 11.9. The summed E-state index contributed by atoms with van der Waals surface area (Å²) in [6.45, 7) is 11.6. The van der Waals surface area contributed by atoms with Gasteiger partial charge in [-0.05, 0) is 30.7 Å². The normalized spacial score (nSPS) is 11.2. The number of anilines is 1. The molecule has 1 aromatic rings. The van der Waals surface area contributed by atoms with Gasteiger partial charge in [-0.3, -0.25) is 0 Å². The van der Waals surface area contributed by atoms with Crippen LogP contribution in [0.5, 0.6) is 0 Å². The second-order valence-electron chi connectivity index (χ2n) is 9.23. The van der Waals surface area contributed by atoms with Crippen LogP contribution >= 0.6 is 0 Å². The van der Waals surface area contributed by atoms with Crippen molar-refractivity contribution in [3.05, 3.63) is 29.8 Å². The SMILES string of the molecule is CCCCNc1ccc(C(=O)OCCOCCOCCOCCOCCOCCOCCOCCOCCOCCO)cc1. The fourth-order valence-electron chi connectivity index (χ4n) is 3.34. The lowest BCUT2D eigenvalue weighted by Gasteiger charge is -2.09. The van der Waals surface area contributed by atoms with Gasteiger partial charge in [-0.2, -0.15) is 0 Å². The third kappa shape index (κ3) is 26.5. The molecule has 0 aliphatic carbocycles. The molecule has 13 nitrogen and oxygen atoms in total. The second kappa shape index (κ2) is 32.5. The third-order valence-electron chi connectivity index (χ3n) is 5.65. The fourth-order valence-corrected chi connectivity index (χ4v) is 3.34. The number of carbonyl (C=O) groups is 1. The minimum Gasteiger partial charge on any atom is -0.460 e. The van der Waals surface area contributed by atoms with E-state index in [-0.39, 0.29) is 19.2 Å². The maximum Gasteiger partial charge on any atom is 0.338 e. The van der Waals surface area contributed by atoms with Crippen molar-refractivity contribution in [2.45, 2.75) is 19.8 Å². The van der Waals surface area contributed by atoms with Gasteiger partial charge >= 0.3 is 5.97 Å². The van der Waals surface area contributed by atoms with Gasteiger partial charge in [0.05, 0.1) is 131 Å². The molecule has 0 saturated carbocycles. The molecular formula is C31H55NO12. The minimum absolute atomic E-state index is 0.0219. The summed E-state index contributed by atoms with van der Waals surface area (Å²) in [5.74, 6) is -0.362. The lowest BCUT2D eigenvalue weighted by atomic mass is 10.2. The summed E-state index contributed by atoms with van der Waals surface area (Å²) >= 11 is 0. The number of benzene rings is 1. The van der Waals surface area contributed by atoms with Gasteiger partial charge in [0.25, 0.3) is 0 Å². The van der Waals surface area contributed by atoms with Crippen molar-refractivity contribution < 1.29 is 57.3 Å². The molecule has 0 radical (unpaired) electrons. The Morgan fingerprint density at radius 3 is 1.23 bits per heavy atom. The lowest BCUT2D eigenvalue weighted by Crippen LogP contribution is -2.15. The summed E-state index contributed by atoms with van der Waals surface area (Å²) in [6, 6.07) is 7.28. The molecule has 0 saturated heterocycles. The van der Waals surface area contributed by atoms with Gasteiger partial charge in [-0.15, -0.1) is 0 Å². The Morgan fingerprint density at radius 1 is 0.545 bits per heavy atom. The van der Waals surface area contributed by atoms with Gasteiger partial charge in [0.1, 0.15) is 6.61 Å². The maximum atomic E-state index is 12.1. The van der Waals surface area contributed by atoms with Crippen LogP contribution < -0.4 is 5.32 Å². The molecular weight excluding hydrogens is 578 g/mol. The summed E-state index contributed by atoms with van der Waals surface area (Å²) < 4.78 is 53.7. The first-order valence-corrected chi connectivity index (χ1v) is 15.6. The first-order valence-electron chi connectivity index (χ1n) is 15.6. The van der Waals surface area contributed by atoms with Crippen molar-refractivity contribution >= 4 is 11.7 Å². The van der Waals surface area contributed by atoms with Crippen LogP contribution in [0.4, 0.5) is 5.69 Å². The molecule has 0 amide bonds. The number of esters is 1. The minimum atomic E-state index is -0.362. The van der Waals surface area contributed by atoms with Crippen LogP contribution in [0.15, 0.2) is 24.3 Å². The van der Waals surface area contributed by atoms with E-state index < -0.39 is 0 Å². The maximum absolute atomic E-state index is 12.1. The van der Waals surface area contributed by atoms with Crippen LogP contribution in [0.3, 0.4) is 0 Å². The van der Waals surface area contributed by atoms with Crippen molar-refractivity contribution in [2.24, 2.45) is 0 Å². The van der Waals surface area contributed by atoms with Crippen LogP contribution in [-0.2, 0) is 47.4 Å². The molecule has 0 heterocycles. The van der Waals surface area contributed by atoms with Gasteiger partial charge in [0.2, 0.25) is 0 Å². The number of hydrogen-bond donors (Lipinski definition) is 2. The zero-order chi connectivity index (χ0) is 31.6. The molecule has 0 bridgehead atoms. The molecule has 2 N–H and O–H groups in total. The smallest absolute Gasteiger partial charge is 0.338 e. The Balaban J connectivity index is 1.72. The first kappa shape index (κ1) is 40.1. The summed E-state index contributed by atoms with van der Waals surface area (Å²) in [6.07, 6.45) is 2.24. The van der Waals surface area contributed by atoms with E-state index in [1.54, 1.807) is 12.1 Å². The lowest BCUT2D eigenvalue weighted by molar-refractivity contribution is -0.0263. The van der Waals surface area contributed by atoms with E-state index >= 15 is 0 Å². The van der Waals surface area contributed by atoms with Crippen LogP contribution in [0.1, 0.15) is 30.1 Å². The molecule has 0 aliphatic heterocycles. The zero-order valence-corrected chi connectivity index (χ0v) is 26.5. The van der Waals surface area contributed by atoms with E-state index in [9.17, 15) is 4.79 Å². The van der Waals surface area contributed by atoms with E-state index in [1.165, 1.54) is 0 Å². The molecule has 44 heavy (non-hydrogen) atoms. The Bertz CT molecular complexity index is 741. The number of rotatable bonds is 34. The number of aliphatic hydroxyl groups excluding tert-OH is 1. The van der Waals surface area contributed by atoms with Crippen LogP contribution in [0.2, 0.25) is 0 Å². The Labute approximate surface area is 262 Å². The highest BCUT2D eigenvalue weighted by atomic mass is 16.6. The van der Waals surface area contributed by atoms with Crippen LogP contribution in [-0.4, -0.2) is 150 Å². The van der Waals surface area contributed by atoms with E-state index in [0.29, 0.717) is 124 Å². The average Bonchev–Trinajstić information content (AvgIpc) is 3.04. The summed E-state index contributed by atoms with van der Waals surface area (Å²) in [7, 11) is 0. The number of unbranched alkanes of at least 4 members (excludes halogenated alkanes) is 1. The number of hydrogen-bond acceptors (Lipinski definition) is 13. The summed E-state index contributed by atoms with van der Waals surface area (Å²) in [4.78, 5) is 12.1. The van der Waals surface area contributed by atoms with Crippen molar-refractivity contribution in [2.75, 3.05) is 144 Å². The highest BCUT2D eigenvalue weighted by Gasteiger charge is 2.06. The number of nitrogens with one attached hydrogen (secondary N) is 1. The molecule has 0 spiro atoms. The van der Waals surface area contributed by atoms with Gasteiger partial charge in [0, 0.05) is 12.2 Å². The monoisotopic (exact) mass is 633 g/mol. The van der Waals surface area contributed by atoms with E-state index in [1.807, 2.05) is 12.1 Å². The van der Waals surface area contributed by atoms with E-state index in [4.69, 9.17) is 52.5 Å². The molecule has 0 aliphatic rings. The molecule has 1 rings (SSSR count). The summed E-state index contributed by atoms with van der Waals surface area (Å²) in [5.41, 5.74) is 1.51. The highest BCUT2D eigenvalue weighted by Crippen LogP contribution is 2.10. The van der Waals surface area contributed by atoms with Gasteiger partial charge in [-0.1, -0.05) is 13.3 Å². The van der Waals surface area contributed by atoms with Crippen molar-refractivity contribution in [1.29, 1.82) is 0 Å². The van der Waals surface area contributed by atoms with Crippen molar-refractivity contribution in [3.63, 3.8) is 0 Å². The predicted octanol–water partition coefficient (Wildman–Crippen LogP) is 2.20. The van der Waals surface area contributed by atoms with Crippen molar-refractivity contribution in [3.8, 4) is 0 Å². The second-order valence-corrected chi connectivity index (χ2v) is 9.23. The quantitative estimate of drug-likeness (QED) is 0.0847. The van der Waals surface area contributed by atoms with Gasteiger partial charge in [0.15, 0.2) is 0 Å². The predicted molar refractivity (Wildman–Crippen MR) is 165 cm³/mol. The fraction of sp³-hybridized carbons (Fsp3) is 0.774. The molecule has 13 heteroatoms. The molecule has 0 aromatic heterocycles. The highest BCUT2D eigenvalue weighted by molar-refractivity contribution is 5.89. The Kier molecular flexibility index (Phi) is 29.6. The Hall–Kier alpha value is -1.91. The van der Waals surface area contributed by atoms with Crippen molar-refractivity contribution in [1.82, 2.24) is 0 Å². The third-order valence-corrected chi connectivity index (χ3v) is 5.65. The van der Waals surface area contributed by atoms with Crippen LogP contribution in [0.25, 0.3) is 0 Å². The average molecular weight is 634 g/mol. The topological polar surface area (TPSA) is 142 Å². The molecule has 0 atom stereocenters. The largest absolute Gasteiger partial charge is 0.460 e. The van der Waals surface area contributed by atoms with E-state index in [2.05, 4.69) is 12.2 Å². The molecule has 1 aromatic carbocycles. The van der Waals surface area contributed by atoms with Gasteiger partial charge in [-0.25, -0.2) is 4.79 Å². The standard InChI is InChI=1S/C31H55NO12/c1-2-3-8-32-30-6-4-29(5-7-30)31(34)44-28-27-43-26-25-42-24-23-41-22-21-40-20-19-39-18-17-38-16-15-37-14-13-36-12-11-35-10-9-33/h4-7,32-33H,2-3,8-28H2,1H3. The molecule has 0 unspecified atom stereocenters. The number of aliphatic hydroxyl groups is 1. The Morgan fingerprint density at radius 2 is 0.886 bits per heavy atom. The molecule has 0 fully saturated rings. The zero-order valence-electron chi connectivity index (χ0n) is 26.5. The molecule has 256 valence electrons. The number of ether oxygens (including phenoxy) is 10. The van der Waals surface area contributed by atoms with E-state index in [0.717, 1.165) is 25.1 Å². The van der Waals surface area contributed by atoms with Crippen LogP contribution in [0, 0.1) is 0 Å². The van der Waals surface area contributed by atoms with Gasteiger partial charge < -0.3 is 57.8 Å².